The zero-order chi connectivity index (χ0) is 22.9. The van der Waals surface area contributed by atoms with Gasteiger partial charge in [0.2, 0.25) is 15.9 Å². The maximum Gasteiger partial charge on any atom is 0.239 e. The quantitative estimate of drug-likeness (QED) is 0.452. The summed E-state index contributed by atoms with van der Waals surface area (Å²) in [6.45, 7) is 2.26. The fourth-order valence-electron chi connectivity index (χ4n) is 3.94. The number of aromatic nitrogens is 1. The molecule has 32 heavy (non-hydrogen) atoms. The van der Waals surface area contributed by atoms with E-state index in [0.29, 0.717) is 5.69 Å². The third kappa shape index (κ3) is 4.37. The van der Waals surface area contributed by atoms with Crippen LogP contribution in [0.15, 0.2) is 66.7 Å². The summed E-state index contributed by atoms with van der Waals surface area (Å²) in [7, 11) is -3.73. The number of sulfonamides is 1. The molecular weight excluding hydrogens is 429 g/mol. The van der Waals surface area contributed by atoms with Gasteiger partial charge in [0.15, 0.2) is 0 Å². The predicted molar refractivity (Wildman–Crippen MR) is 125 cm³/mol. The number of benzene rings is 3. The number of hydrogen-bond donors (Lipinski definition) is 1. The Morgan fingerprint density at radius 2 is 1.69 bits per heavy atom. The predicted octanol–water partition coefficient (Wildman–Crippen LogP) is 4.35. The molecule has 1 aromatic heterocycles. The van der Waals surface area contributed by atoms with Gasteiger partial charge in [0.05, 0.1) is 12.8 Å². The lowest BCUT2D eigenvalue weighted by molar-refractivity contribution is -0.116. The molecule has 166 valence electrons. The molecule has 0 atom stereocenters. The third-order valence-electron chi connectivity index (χ3n) is 5.47. The number of amides is 1. The number of anilines is 1. The van der Waals surface area contributed by atoms with Gasteiger partial charge < -0.3 is 9.88 Å². The van der Waals surface area contributed by atoms with Gasteiger partial charge in [-0.15, -0.1) is 0 Å². The number of nitrogens with zero attached hydrogens (tertiary/aromatic N) is 2. The largest absolute Gasteiger partial charge is 0.341 e. The zero-order valence-electron chi connectivity index (χ0n) is 17.9. The Balaban J connectivity index is 1.58. The summed E-state index contributed by atoms with van der Waals surface area (Å²) in [6, 6.07) is 19.6. The van der Waals surface area contributed by atoms with Crippen molar-refractivity contribution in [1.29, 1.82) is 0 Å². The molecule has 0 aliphatic carbocycles. The Morgan fingerprint density at radius 3 is 2.41 bits per heavy atom. The topological polar surface area (TPSA) is 71.4 Å². The number of hydrogen-bond acceptors (Lipinski definition) is 3. The Bertz CT molecular complexity index is 1410. The van der Waals surface area contributed by atoms with Crippen LogP contribution in [0.25, 0.3) is 21.8 Å². The Hall–Kier alpha value is -3.23. The Morgan fingerprint density at radius 1 is 1.00 bits per heavy atom. The first-order valence-corrected chi connectivity index (χ1v) is 12.1. The highest BCUT2D eigenvalue weighted by Crippen LogP contribution is 2.31. The van der Waals surface area contributed by atoms with Crippen LogP contribution < -0.4 is 5.32 Å². The van der Waals surface area contributed by atoms with Crippen molar-refractivity contribution < 1.29 is 17.6 Å². The number of halogens is 1. The third-order valence-corrected chi connectivity index (χ3v) is 6.66. The lowest BCUT2D eigenvalue weighted by Gasteiger charge is -2.20. The number of rotatable bonds is 7. The van der Waals surface area contributed by atoms with E-state index in [-0.39, 0.29) is 12.1 Å². The summed E-state index contributed by atoms with van der Waals surface area (Å²) < 4.78 is 41.6. The molecule has 4 aromatic rings. The summed E-state index contributed by atoms with van der Waals surface area (Å²) in [5, 5.41) is 4.87. The monoisotopic (exact) mass is 453 g/mol. The minimum absolute atomic E-state index is 0.208. The molecule has 1 N–H and O–H groups in total. The first-order chi connectivity index (χ1) is 15.3. The summed E-state index contributed by atoms with van der Waals surface area (Å²) in [5.74, 6) is -1.01. The average Bonchev–Trinajstić information content (AvgIpc) is 3.07. The van der Waals surface area contributed by atoms with Crippen molar-refractivity contribution in [2.45, 2.75) is 20.0 Å². The van der Waals surface area contributed by atoms with E-state index in [1.54, 1.807) is 12.1 Å². The molecule has 0 saturated heterocycles. The standard InChI is InChI=1S/C24H24FN3O3S/c1-3-28-22-11-7-5-9-19(22)20-14-18(12-13-23(20)28)26-24(29)16-27(32(2,30)31)15-17-8-4-6-10-21(17)25/h4-14H,3,15-16H2,1-2H3,(H,26,29). The minimum Gasteiger partial charge on any atom is -0.341 e. The van der Waals surface area contributed by atoms with E-state index < -0.39 is 28.3 Å². The van der Waals surface area contributed by atoms with Gasteiger partial charge in [-0.2, -0.15) is 4.31 Å². The van der Waals surface area contributed by atoms with E-state index in [1.807, 2.05) is 30.3 Å². The van der Waals surface area contributed by atoms with E-state index in [4.69, 9.17) is 0 Å². The van der Waals surface area contributed by atoms with Crippen LogP contribution in [0.2, 0.25) is 0 Å². The molecule has 0 fully saturated rings. The molecule has 0 aliphatic heterocycles. The zero-order valence-corrected chi connectivity index (χ0v) is 18.7. The first kappa shape index (κ1) is 22.0. The molecule has 4 rings (SSSR count). The maximum absolute atomic E-state index is 14.0. The Labute approximate surface area is 186 Å². The number of para-hydroxylation sites is 1. The van der Waals surface area contributed by atoms with E-state index >= 15 is 0 Å². The molecule has 0 saturated carbocycles. The number of aryl methyl sites for hydroxylation is 1. The number of nitrogens with one attached hydrogen (secondary N) is 1. The minimum atomic E-state index is -3.73. The number of fused-ring (bicyclic) bond motifs is 3. The average molecular weight is 454 g/mol. The van der Waals surface area contributed by atoms with E-state index in [1.165, 1.54) is 18.2 Å². The van der Waals surface area contributed by atoms with E-state index in [0.717, 1.165) is 38.9 Å². The summed E-state index contributed by atoms with van der Waals surface area (Å²) >= 11 is 0. The van der Waals surface area contributed by atoms with Crippen LogP contribution in [0, 0.1) is 5.82 Å². The van der Waals surface area contributed by atoms with Crippen LogP contribution in [0.1, 0.15) is 12.5 Å². The summed E-state index contributed by atoms with van der Waals surface area (Å²) in [4.78, 5) is 12.7. The fourth-order valence-corrected chi connectivity index (χ4v) is 4.67. The smallest absolute Gasteiger partial charge is 0.239 e. The lowest BCUT2D eigenvalue weighted by atomic mass is 10.1. The van der Waals surface area contributed by atoms with Crippen LogP contribution >= 0.6 is 0 Å². The molecule has 8 heteroatoms. The van der Waals surface area contributed by atoms with E-state index in [9.17, 15) is 17.6 Å². The second kappa shape index (κ2) is 8.72. The van der Waals surface area contributed by atoms with Crippen LogP contribution in [-0.4, -0.2) is 36.0 Å². The van der Waals surface area contributed by atoms with Crippen molar-refractivity contribution in [3.63, 3.8) is 0 Å². The van der Waals surface area contributed by atoms with Gasteiger partial charge in [-0.1, -0.05) is 36.4 Å². The van der Waals surface area contributed by atoms with Gasteiger partial charge in [0, 0.05) is 46.1 Å². The second-order valence-electron chi connectivity index (χ2n) is 7.66. The maximum atomic E-state index is 14.0. The van der Waals surface area contributed by atoms with Crippen molar-refractivity contribution in [1.82, 2.24) is 8.87 Å². The normalized spacial score (nSPS) is 12.0. The molecule has 0 aliphatic rings. The highest BCUT2D eigenvalue weighted by atomic mass is 32.2. The van der Waals surface area contributed by atoms with Gasteiger partial charge in [0.1, 0.15) is 5.82 Å². The van der Waals surface area contributed by atoms with Crippen LogP contribution in [0.3, 0.4) is 0 Å². The highest BCUT2D eigenvalue weighted by Gasteiger charge is 2.22. The van der Waals surface area contributed by atoms with Crippen LogP contribution in [0.4, 0.5) is 10.1 Å². The number of carbonyl (C=O) groups is 1. The first-order valence-electron chi connectivity index (χ1n) is 10.3. The molecular formula is C24H24FN3O3S. The van der Waals surface area contributed by atoms with Crippen molar-refractivity contribution in [2.24, 2.45) is 0 Å². The van der Waals surface area contributed by atoms with E-state index in [2.05, 4.69) is 22.9 Å². The van der Waals surface area contributed by atoms with Crippen molar-refractivity contribution >= 4 is 43.4 Å². The molecule has 6 nitrogen and oxygen atoms in total. The molecule has 0 radical (unpaired) electrons. The molecule has 1 heterocycles. The summed E-state index contributed by atoms with van der Waals surface area (Å²) in [5.41, 5.74) is 2.95. The second-order valence-corrected chi connectivity index (χ2v) is 9.65. The molecule has 0 spiro atoms. The SMILES string of the molecule is CCn1c2ccccc2c2cc(NC(=O)CN(Cc3ccccc3F)S(C)(=O)=O)ccc21. The van der Waals surface area contributed by atoms with Gasteiger partial charge in [-0.05, 0) is 37.3 Å². The van der Waals surface area contributed by atoms with Crippen molar-refractivity contribution in [3.8, 4) is 0 Å². The van der Waals surface area contributed by atoms with Crippen molar-refractivity contribution in [3.05, 3.63) is 78.1 Å². The molecule has 3 aromatic carbocycles. The van der Waals surface area contributed by atoms with Crippen LogP contribution in [-0.2, 0) is 27.9 Å². The fraction of sp³-hybridized carbons (Fsp3) is 0.208. The highest BCUT2D eigenvalue weighted by molar-refractivity contribution is 7.88. The summed E-state index contributed by atoms with van der Waals surface area (Å²) in [6.07, 6.45) is 1.01. The van der Waals surface area contributed by atoms with Gasteiger partial charge in [0.25, 0.3) is 0 Å². The molecule has 0 unspecified atom stereocenters. The Kier molecular flexibility index (Phi) is 5.99. The van der Waals surface area contributed by atoms with Gasteiger partial charge in [-0.25, -0.2) is 12.8 Å². The lowest BCUT2D eigenvalue weighted by Crippen LogP contribution is -2.37. The number of carbonyl (C=O) groups excluding carboxylic acids is 1. The molecule has 1 amide bonds. The van der Waals surface area contributed by atoms with Crippen molar-refractivity contribution in [2.75, 3.05) is 18.1 Å². The van der Waals surface area contributed by atoms with Gasteiger partial charge >= 0.3 is 0 Å². The van der Waals surface area contributed by atoms with Gasteiger partial charge in [-0.3, -0.25) is 4.79 Å². The molecule has 0 bridgehead atoms. The van der Waals surface area contributed by atoms with Crippen LogP contribution in [0.5, 0.6) is 0 Å².